The Bertz CT molecular complexity index is 1200. The van der Waals surface area contributed by atoms with Gasteiger partial charge in [-0.05, 0) is 40.2 Å². The molecule has 0 spiro atoms. The first-order valence-corrected chi connectivity index (χ1v) is 11.9. The van der Waals surface area contributed by atoms with Crippen molar-refractivity contribution in [1.29, 1.82) is 0 Å². The number of fused-ring (bicyclic) bond motifs is 1. The molecule has 1 aliphatic rings. The number of hydrogen-bond acceptors (Lipinski definition) is 5. The average Bonchev–Trinajstić information content (AvgIpc) is 3.13. The molecule has 0 amide bonds. The highest BCUT2D eigenvalue weighted by Crippen LogP contribution is 2.49. The first-order chi connectivity index (χ1) is 16.4. The molecular formula is C28H34N5O+. The van der Waals surface area contributed by atoms with Crippen molar-refractivity contribution in [3.63, 3.8) is 0 Å². The fourth-order valence-corrected chi connectivity index (χ4v) is 4.40. The summed E-state index contributed by atoms with van der Waals surface area (Å²) < 4.78 is 6.18. The van der Waals surface area contributed by atoms with Crippen LogP contribution in [0.4, 0.5) is 17.2 Å². The summed E-state index contributed by atoms with van der Waals surface area (Å²) in [7, 11) is 0. The highest BCUT2D eigenvalue weighted by atomic mass is 16.5. The van der Waals surface area contributed by atoms with Gasteiger partial charge < -0.3 is 10.1 Å². The van der Waals surface area contributed by atoms with E-state index in [4.69, 9.17) is 19.8 Å². The van der Waals surface area contributed by atoms with Crippen LogP contribution in [0.3, 0.4) is 0 Å². The van der Waals surface area contributed by atoms with Gasteiger partial charge in [0, 0.05) is 30.0 Å². The van der Waals surface area contributed by atoms with Crippen molar-refractivity contribution in [3.05, 3.63) is 83.0 Å². The Balaban J connectivity index is 1.88. The van der Waals surface area contributed by atoms with Crippen LogP contribution in [-0.2, 0) is 17.8 Å². The number of aromatic nitrogens is 1. The number of benzene rings is 2. The number of amidine groups is 1. The van der Waals surface area contributed by atoms with E-state index < -0.39 is 0 Å². The molecule has 2 heterocycles. The average molecular weight is 457 g/mol. The van der Waals surface area contributed by atoms with Crippen LogP contribution in [0.2, 0.25) is 0 Å². The van der Waals surface area contributed by atoms with E-state index in [0.717, 1.165) is 40.0 Å². The van der Waals surface area contributed by atoms with Gasteiger partial charge in [0.15, 0.2) is 11.5 Å². The molecule has 6 heteroatoms. The number of hydrogen-bond donors (Lipinski definition) is 1. The number of aliphatic imine (C=N–C) groups is 1. The van der Waals surface area contributed by atoms with E-state index in [-0.39, 0.29) is 4.59 Å². The van der Waals surface area contributed by atoms with Gasteiger partial charge in [0.25, 0.3) is 5.84 Å². The Morgan fingerprint density at radius 3 is 2.24 bits per heavy atom. The second-order valence-corrected chi connectivity index (χ2v) is 8.83. The van der Waals surface area contributed by atoms with Crippen LogP contribution < -0.4 is 9.91 Å². The molecular weight excluding hydrogens is 422 g/mol. The quantitative estimate of drug-likeness (QED) is 0.304. The Morgan fingerprint density at radius 2 is 1.62 bits per heavy atom. The minimum atomic E-state index is 0.275. The minimum absolute atomic E-state index is 0.275. The number of aryl methyl sites for hydroxylation is 1. The maximum Gasteiger partial charge on any atom is 0.262 e. The predicted octanol–water partition coefficient (Wildman–Crippen LogP) is 6.29. The lowest BCUT2D eigenvalue weighted by atomic mass is 10.1. The molecule has 34 heavy (non-hydrogen) atoms. The summed E-state index contributed by atoms with van der Waals surface area (Å²) in [4.78, 5) is 10.0. The number of nitrogens with one attached hydrogen (secondary N) is 1. The molecule has 1 aromatic heterocycles. The zero-order chi connectivity index (χ0) is 24.1. The van der Waals surface area contributed by atoms with Gasteiger partial charge in [-0.15, -0.1) is 4.59 Å². The zero-order valence-electron chi connectivity index (χ0n) is 20.8. The van der Waals surface area contributed by atoms with Crippen molar-refractivity contribution in [2.75, 3.05) is 18.5 Å². The zero-order valence-corrected chi connectivity index (χ0v) is 20.8. The molecule has 0 saturated carbocycles. The van der Waals surface area contributed by atoms with Crippen LogP contribution in [0.5, 0.6) is 0 Å². The largest absolute Gasteiger partial charge is 0.369 e. The highest BCUT2D eigenvalue weighted by Gasteiger charge is 2.48. The third-order valence-corrected chi connectivity index (χ3v) is 6.03. The van der Waals surface area contributed by atoms with E-state index in [9.17, 15) is 0 Å². The van der Waals surface area contributed by atoms with Gasteiger partial charge in [0.05, 0.1) is 5.71 Å². The van der Waals surface area contributed by atoms with E-state index in [0.29, 0.717) is 26.3 Å². The molecule has 2 aromatic carbocycles. The minimum Gasteiger partial charge on any atom is -0.369 e. The van der Waals surface area contributed by atoms with E-state index in [1.165, 1.54) is 11.1 Å². The van der Waals surface area contributed by atoms with E-state index in [2.05, 4.69) is 55.6 Å². The summed E-state index contributed by atoms with van der Waals surface area (Å²) in [6, 6.07) is 20.8. The Hall–Kier alpha value is -3.35. The van der Waals surface area contributed by atoms with Gasteiger partial charge in [-0.25, -0.2) is 4.98 Å². The van der Waals surface area contributed by atoms with Crippen LogP contribution in [-0.4, -0.2) is 29.7 Å². The number of quaternary nitrogens is 1. The molecule has 1 unspecified atom stereocenters. The summed E-state index contributed by atoms with van der Waals surface area (Å²) in [5.74, 6) is 1.66. The topological polar surface area (TPSA) is 58.9 Å². The molecule has 1 N–H and O–H groups in total. The second-order valence-electron chi connectivity index (χ2n) is 8.83. The molecule has 0 saturated heterocycles. The van der Waals surface area contributed by atoms with Crippen LogP contribution >= 0.6 is 0 Å². The van der Waals surface area contributed by atoms with Gasteiger partial charge in [-0.2, -0.15) is 4.99 Å². The van der Waals surface area contributed by atoms with Crippen molar-refractivity contribution < 1.29 is 4.74 Å². The summed E-state index contributed by atoms with van der Waals surface area (Å²) in [5, 5.41) is 8.77. The molecule has 176 valence electrons. The Kier molecular flexibility index (Phi) is 7.20. The molecule has 0 fully saturated rings. The Morgan fingerprint density at radius 1 is 0.971 bits per heavy atom. The third kappa shape index (κ3) is 4.79. The smallest absolute Gasteiger partial charge is 0.262 e. The van der Waals surface area contributed by atoms with Crippen LogP contribution in [0.1, 0.15) is 43.2 Å². The molecule has 0 bridgehead atoms. The Labute approximate surface area is 202 Å². The molecule has 0 aliphatic carbocycles. The van der Waals surface area contributed by atoms with Crippen molar-refractivity contribution in [1.82, 2.24) is 9.58 Å². The number of pyridine rings is 1. The summed E-state index contributed by atoms with van der Waals surface area (Å²) in [5.41, 5.74) is 7.38. The van der Waals surface area contributed by atoms with Crippen LogP contribution in [0.25, 0.3) is 0 Å². The normalized spacial score (nSPS) is 16.7. The lowest BCUT2D eigenvalue weighted by molar-refractivity contribution is 0.178. The van der Waals surface area contributed by atoms with Gasteiger partial charge in [0.1, 0.15) is 13.2 Å². The van der Waals surface area contributed by atoms with Crippen molar-refractivity contribution in [2.45, 2.75) is 47.7 Å². The maximum absolute atomic E-state index is 5.91. The molecule has 6 nitrogen and oxygen atoms in total. The SMILES string of the molecule is CCOCC1=Nc2c(NCc3ccccc3)nc(C)c(C)c2[N+]1(Cc1ccccc1)N=C(C)C. The number of rotatable bonds is 9. The lowest BCUT2D eigenvalue weighted by Crippen LogP contribution is -2.49. The number of ether oxygens (including phenoxy) is 1. The van der Waals surface area contributed by atoms with Crippen LogP contribution in [0, 0.1) is 13.8 Å². The van der Waals surface area contributed by atoms with Crippen molar-refractivity contribution in [3.8, 4) is 0 Å². The van der Waals surface area contributed by atoms with E-state index >= 15 is 0 Å². The van der Waals surface area contributed by atoms with E-state index in [1.54, 1.807) is 0 Å². The van der Waals surface area contributed by atoms with Gasteiger partial charge in [-0.1, -0.05) is 65.8 Å². The lowest BCUT2D eigenvalue weighted by Gasteiger charge is -2.30. The molecule has 1 atom stereocenters. The van der Waals surface area contributed by atoms with E-state index in [1.807, 2.05) is 45.0 Å². The molecule has 0 radical (unpaired) electrons. The maximum atomic E-state index is 5.91. The summed E-state index contributed by atoms with van der Waals surface area (Å²) in [6.07, 6.45) is 0. The summed E-state index contributed by atoms with van der Waals surface area (Å²) >= 11 is 0. The summed E-state index contributed by atoms with van der Waals surface area (Å²) in [6.45, 7) is 12.6. The number of anilines is 1. The van der Waals surface area contributed by atoms with Gasteiger partial charge in [0.2, 0.25) is 5.69 Å². The monoisotopic (exact) mass is 456 g/mol. The molecule has 4 rings (SSSR count). The highest BCUT2D eigenvalue weighted by molar-refractivity contribution is 6.07. The third-order valence-electron chi connectivity index (χ3n) is 6.03. The second kappa shape index (κ2) is 10.3. The van der Waals surface area contributed by atoms with Crippen molar-refractivity contribution in [2.24, 2.45) is 10.1 Å². The number of nitrogens with zero attached hydrogens (tertiary/aromatic N) is 4. The van der Waals surface area contributed by atoms with Crippen LogP contribution in [0.15, 0.2) is 70.8 Å². The fourth-order valence-electron chi connectivity index (χ4n) is 4.40. The standard InChI is InChI=1S/C28H34N5O/c1-6-34-19-25-31-26-27(33(25,32-20(2)3)18-24-15-11-8-12-16-24)21(4)22(5)30-28(26)29-17-23-13-9-7-10-14-23/h7-16H,6,17-19H2,1-5H3,(H,29,30)/q+1. The molecule has 3 aromatic rings. The van der Waals surface area contributed by atoms with Gasteiger partial charge in [-0.3, -0.25) is 0 Å². The first-order valence-electron chi connectivity index (χ1n) is 11.9. The van der Waals surface area contributed by atoms with Crippen molar-refractivity contribution >= 4 is 28.7 Å². The predicted molar refractivity (Wildman–Crippen MR) is 142 cm³/mol. The van der Waals surface area contributed by atoms with Gasteiger partial charge >= 0.3 is 0 Å². The molecule has 1 aliphatic heterocycles. The fraction of sp³-hybridized carbons (Fsp3) is 0.321. The first kappa shape index (κ1) is 23.8.